The van der Waals surface area contributed by atoms with Gasteiger partial charge in [-0.1, -0.05) is 15.9 Å². The molecule has 0 aliphatic heterocycles. The van der Waals surface area contributed by atoms with Gasteiger partial charge in [-0.2, -0.15) is 0 Å². The molecule has 0 aliphatic carbocycles. The van der Waals surface area contributed by atoms with E-state index >= 15 is 0 Å². The van der Waals surface area contributed by atoms with Crippen molar-refractivity contribution >= 4 is 48.5 Å². The Labute approximate surface area is 105 Å². The van der Waals surface area contributed by atoms with Gasteiger partial charge >= 0.3 is 0 Å². The smallest absolute Gasteiger partial charge is 0.0865 e. The molecular formula is C11H10Br2N2. The van der Waals surface area contributed by atoms with Crippen molar-refractivity contribution in [1.29, 1.82) is 0 Å². The first-order chi connectivity index (χ1) is 7.22. The third-order valence-corrected chi connectivity index (χ3v) is 3.19. The van der Waals surface area contributed by atoms with Gasteiger partial charge in [-0.3, -0.25) is 4.98 Å². The van der Waals surface area contributed by atoms with E-state index in [0.29, 0.717) is 0 Å². The molecule has 0 spiro atoms. The summed E-state index contributed by atoms with van der Waals surface area (Å²) in [5, 5.41) is 4.45. The van der Waals surface area contributed by atoms with E-state index in [1.807, 2.05) is 18.3 Å². The van der Waals surface area contributed by atoms with Crippen LogP contribution in [-0.2, 0) is 0 Å². The molecule has 0 radical (unpaired) electrons. The summed E-state index contributed by atoms with van der Waals surface area (Å²) in [6.45, 7) is 2.99. The Morgan fingerprint density at radius 1 is 1.33 bits per heavy atom. The molecular weight excluding hydrogens is 320 g/mol. The predicted octanol–water partition coefficient (Wildman–Crippen LogP) is 4.19. The summed E-state index contributed by atoms with van der Waals surface area (Å²) in [6.07, 6.45) is 1.82. The van der Waals surface area contributed by atoms with E-state index in [4.69, 9.17) is 0 Å². The van der Waals surface area contributed by atoms with E-state index in [1.165, 1.54) is 0 Å². The summed E-state index contributed by atoms with van der Waals surface area (Å²) in [4.78, 5) is 4.36. The summed E-state index contributed by atoms with van der Waals surface area (Å²) in [6, 6.07) is 6.07. The van der Waals surface area contributed by atoms with Gasteiger partial charge in [-0.15, -0.1) is 0 Å². The lowest BCUT2D eigenvalue weighted by molar-refractivity contribution is 1.21. The van der Waals surface area contributed by atoms with Crippen LogP contribution in [-0.4, -0.2) is 11.5 Å². The molecule has 0 aliphatic rings. The number of hydrogen-bond donors (Lipinski definition) is 1. The Morgan fingerprint density at radius 3 is 2.87 bits per heavy atom. The highest BCUT2D eigenvalue weighted by Gasteiger charge is 2.05. The number of aromatic nitrogens is 1. The highest BCUT2D eigenvalue weighted by Crippen LogP contribution is 2.31. The van der Waals surface area contributed by atoms with E-state index in [0.717, 1.165) is 32.1 Å². The van der Waals surface area contributed by atoms with Crippen LogP contribution >= 0.6 is 31.9 Å². The Hall–Kier alpha value is -0.610. The molecule has 0 unspecified atom stereocenters. The van der Waals surface area contributed by atoms with Gasteiger partial charge in [0.25, 0.3) is 0 Å². The second-order valence-electron chi connectivity index (χ2n) is 3.17. The van der Waals surface area contributed by atoms with Gasteiger partial charge in [0.15, 0.2) is 0 Å². The fourth-order valence-corrected chi connectivity index (χ4v) is 2.85. The Kier molecular flexibility index (Phi) is 3.26. The van der Waals surface area contributed by atoms with Crippen molar-refractivity contribution in [2.24, 2.45) is 0 Å². The van der Waals surface area contributed by atoms with Crippen LogP contribution in [0.15, 0.2) is 33.3 Å². The molecule has 1 N–H and O–H groups in total. The molecule has 0 bridgehead atoms. The second kappa shape index (κ2) is 4.49. The zero-order valence-electron chi connectivity index (χ0n) is 8.22. The number of nitrogens with one attached hydrogen (secondary N) is 1. The standard InChI is InChI=1S/C11H10Br2N2/c1-2-14-10-3-4-15-11-8(10)5-7(12)6-9(11)13/h3-6H,2H2,1H3,(H,14,15). The summed E-state index contributed by atoms with van der Waals surface area (Å²) < 4.78 is 2.06. The molecule has 0 fully saturated rings. The number of rotatable bonds is 2. The monoisotopic (exact) mass is 328 g/mol. The first kappa shape index (κ1) is 10.9. The Balaban J connectivity index is 2.73. The molecule has 2 nitrogen and oxygen atoms in total. The SMILES string of the molecule is CCNc1ccnc2c(Br)cc(Br)cc12. The van der Waals surface area contributed by atoms with Crippen molar-refractivity contribution in [3.8, 4) is 0 Å². The minimum absolute atomic E-state index is 0.906. The number of anilines is 1. The van der Waals surface area contributed by atoms with Crippen LogP contribution in [0.2, 0.25) is 0 Å². The lowest BCUT2D eigenvalue weighted by Crippen LogP contribution is -1.97. The van der Waals surface area contributed by atoms with Crippen LogP contribution in [0.25, 0.3) is 10.9 Å². The van der Waals surface area contributed by atoms with Crippen LogP contribution < -0.4 is 5.32 Å². The first-order valence-electron chi connectivity index (χ1n) is 4.70. The molecule has 78 valence electrons. The molecule has 15 heavy (non-hydrogen) atoms. The Bertz CT molecular complexity index is 497. The van der Waals surface area contributed by atoms with Crippen molar-refractivity contribution in [2.75, 3.05) is 11.9 Å². The molecule has 2 rings (SSSR count). The molecule has 0 saturated heterocycles. The predicted molar refractivity (Wildman–Crippen MR) is 71.3 cm³/mol. The highest BCUT2D eigenvalue weighted by atomic mass is 79.9. The third-order valence-electron chi connectivity index (χ3n) is 2.13. The van der Waals surface area contributed by atoms with E-state index in [9.17, 15) is 0 Å². The summed E-state index contributed by atoms with van der Waals surface area (Å²) >= 11 is 7.00. The zero-order chi connectivity index (χ0) is 10.8. The van der Waals surface area contributed by atoms with Crippen molar-refractivity contribution in [2.45, 2.75) is 6.92 Å². The topological polar surface area (TPSA) is 24.9 Å². The minimum atomic E-state index is 0.906. The quantitative estimate of drug-likeness (QED) is 0.893. The molecule has 0 saturated carbocycles. The third kappa shape index (κ3) is 2.16. The van der Waals surface area contributed by atoms with Gasteiger partial charge in [-0.05, 0) is 41.1 Å². The van der Waals surface area contributed by atoms with Crippen LogP contribution in [0, 0.1) is 0 Å². The maximum Gasteiger partial charge on any atom is 0.0865 e. The van der Waals surface area contributed by atoms with E-state index in [1.54, 1.807) is 0 Å². The molecule has 0 atom stereocenters. The average Bonchev–Trinajstić information content (AvgIpc) is 2.19. The molecule has 1 aromatic carbocycles. The van der Waals surface area contributed by atoms with Gasteiger partial charge in [-0.25, -0.2) is 0 Å². The van der Waals surface area contributed by atoms with Crippen molar-refractivity contribution < 1.29 is 0 Å². The fraction of sp³-hybridized carbons (Fsp3) is 0.182. The van der Waals surface area contributed by atoms with Gasteiger partial charge in [0.2, 0.25) is 0 Å². The first-order valence-corrected chi connectivity index (χ1v) is 6.28. The number of pyridine rings is 1. The maximum atomic E-state index is 4.36. The maximum absolute atomic E-state index is 4.36. The summed E-state index contributed by atoms with van der Waals surface area (Å²) in [5.41, 5.74) is 2.10. The summed E-state index contributed by atoms with van der Waals surface area (Å²) in [5.74, 6) is 0. The van der Waals surface area contributed by atoms with Crippen molar-refractivity contribution in [3.63, 3.8) is 0 Å². The molecule has 1 heterocycles. The zero-order valence-corrected chi connectivity index (χ0v) is 11.4. The van der Waals surface area contributed by atoms with E-state index in [-0.39, 0.29) is 0 Å². The van der Waals surface area contributed by atoms with Crippen LogP contribution in [0.3, 0.4) is 0 Å². The Morgan fingerprint density at radius 2 is 2.13 bits per heavy atom. The normalized spacial score (nSPS) is 10.6. The van der Waals surface area contributed by atoms with Gasteiger partial charge in [0, 0.05) is 32.8 Å². The molecule has 2 aromatic rings. The number of fused-ring (bicyclic) bond motifs is 1. The largest absolute Gasteiger partial charge is 0.385 e. The van der Waals surface area contributed by atoms with Crippen molar-refractivity contribution in [3.05, 3.63) is 33.3 Å². The molecule has 1 aromatic heterocycles. The van der Waals surface area contributed by atoms with E-state index in [2.05, 4.69) is 55.2 Å². The van der Waals surface area contributed by atoms with Crippen LogP contribution in [0.4, 0.5) is 5.69 Å². The lowest BCUT2D eigenvalue weighted by Gasteiger charge is -2.08. The van der Waals surface area contributed by atoms with Crippen LogP contribution in [0.5, 0.6) is 0 Å². The number of benzene rings is 1. The average molecular weight is 330 g/mol. The highest BCUT2D eigenvalue weighted by molar-refractivity contribution is 9.11. The second-order valence-corrected chi connectivity index (χ2v) is 4.94. The number of nitrogens with zero attached hydrogens (tertiary/aromatic N) is 1. The van der Waals surface area contributed by atoms with Gasteiger partial charge in [0.1, 0.15) is 0 Å². The fourth-order valence-electron chi connectivity index (χ4n) is 1.52. The van der Waals surface area contributed by atoms with Crippen molar-refractivity contribution in [1.82, 2.24) is 4.98 Å². The lowest BCUT2D eigenvalue weighted by atomic mass is 10.2. The number of hydrogen-bond acceptors (Lipinski definition) is 2. The molecule has 4 heteroatoms. The van der Waals surface area contributed by atoms with Gasteiger partial charge < -0.3 is 5.32 Å². The van der Waals surface area contributed by atoms with Gasteiger partial charge in [0.05, 0.1) is 5.52 Å². The van der Waals surface area contributed by atoms with E-state index < -0.39 is 0 Å². The van der Waals surface area contributed by atoms with Crippen LogP contribution in [0.1, 0.15) is 6.92 Å². The summed E-state index contributed by atoms with van der Waals surface area (Å²) in [7, 11) is 0. The minimum Gasteiger partial charge on any atom is -0.385 e. The number of halogens is 2. The molecule has 0 amide bonds.